The van der Waals surface area contributed by atoms with Crippen LogP contribution in [0.2, 0.25) is 0 Å². The SMILES string of the molecule is NC(=O)C1(C(N)=O)CCCC1CC1CO1. The second-order valence-corrected chi connectivity index (χ2v) is 4.48. The van der Waals surface area contributed by atoms with Crippen LogP contribution < -0.4 is 11.5 Å². The third-order valence-electron chi connectivity index (χ3n) is 3.65. The van der Waals surface area contributed by atoms with Crippen LogP contribution in [0.15, 0.2) is 0 Å². The van der Waals surface area contributed by atoms with Gasteiger partial charge in [0.05, 0.1) is 12.7 Å². The van der Waals surface area contributed by atoms with Crippen LogP contribution in [0.25, 0.3) is 0 Å². The standard InChI is InChI=1S/C10H16N2O3/c11-8(13)10(9(12)14)3-1-2-6(10)4-7-5-15-7/h6-7H,1-5H2,(H2,11,13)(H2,12,14). The fraction of sp³-hybridized carbons (Fsp3) is 0.800. The van der Waals surface area contributed by atoms with Gasteiger partial charge in [0.25, 0.3) is 0 Å². The lowest BCUT2D eigenvalue weighted by Crippen LogP contribution is -2.50. The minimum atomic E-state index is -1.12. The first-order valence-corrected chi connectivity index (χ1v) is 5.29. The van der Waals surface area contributed by atoms with Gasteiger partial charge in [-0.2, -0.15) is 0 Å². The summed E-state index contributed by atoms with van der Waals surface area (Å²) in [6, 6.07) is 0. The zero-order valence-electron chi connectivity index (χ0n) is 8.57. The van der Waals surface area contributed by atoms with E-state index in [-0.39, 0.29) is 12.0 Å². The van der Waals surface area contributed by atoms with E-state index >= 15 is 0 Å². The lowest BCUT2D eigenvalue weighted by atomic mass is 9.74. The van der Waals surface area contributed by atoms with E-state index in [0.29, 0.717) is 6.42 Å². The van der Waals surface area contributed by atoms with Gasteiger partial charge in [0, 0.05) is 0 Å². The van der Waals surface area contributed by atoms with Gasteiger partial charge in [0.1, 0.15) is 5.41 Å². The highest BCUT2D eigenvalue weighted by Gasteiger charge is 2.53. The highest BCUT2D eigenvalue weighted by molar-refractivity contribution is 6.04. The molecule has 0 aromatic rings. The van der Waals surface area contributed by atoms with Crippen molar-refractivity contribution >= 4 is 11.8 Å². The molecule has 1 aliphatic heterocycles. The molecule has 5 nitrogen and oxygen atoms in total. The molecule has 84 valence electrons. The number of nitrogens with two attached hydrogens (primary N) is 2. The second kappa shape index (κ2) is 3.48. The topological polar surface area (TPSA) is 98.7 Å². The third kappa shape index (κ3) is 1.61. The number of ether oxygens (including phenoxy) is 1. The van der Waals surface area contributed by atoms with E-state index in [1.54, 1.807) is 0 Å². The number of carbonyl (C=O) groups excluding carboxylic acids is 2. The summed E-state index contributed by atoms with van der Waals surface area (Å²) in [6.07, 6.45) is 3.10. The second-order valence-electron chi connectivity index (χ2n) is 4.48. The minimum Gasteiger partial charge on any atom is -0.373 e. The van der Waals surface area contributed by atoms with Gasteiger partial charge < -0.3 is 16.2 Å². The molecule has 2 unspecified atom stereocenters. The number of hydrogen-bond donors (Lipinski definition) is 2. The molecule has 2 atom stereocenters. The van der Waals surface area contributed by atoms with Gasteiger partial charge in [-0.15, -0.1) is 0 Å². The Balaban J connectivity index is 2.19. The van der Waals surface area contributed by atoms with Crippen molar-refractivity contribution in [1.82, 2.24) is 0 Å². The number of carbonyl (C=O) groups is 2. The number of amides is 2. The molecular weight excluding hydrogens is 196 g/mol. The summed E-state index contributed by atoms with van der Waals surface area (Å²) < 4.78 is 5.12. The molecule has 2 aliphatic rings. The third-order valence-corrected chi connectivity index (χ3v) is 3.65. The predicted octanol–water partition coefficient (Wildman–Crippen LogP) is -0.468. The molecule has 2 amide bonds. The van der Waals surface area contributed by atoms with E-state index in [9.17, 15) is 9.59 Å². The van der Waals surface area contributed by atoms with E-state index in [4.69, 9.17) is 16.2 Å². The lowest BCUT2D eigenvalue weighted by molar-refractivity contribution is -0.142. The largest absolute Gasteiger partial charge is 0.373 e. The summed E-state index contributed by atoms with van der Waals surface area (Å²) in [7, 11) is 0. The zero-order chi connectivity index (χ0) is 11.1. The molecule has 0 radical (unpaired) electrons. The molecule has 5 heteroatoms. The Kier molecular flexibility index (Phi) is 2.42. The van der Waals surface area contributed by atoms with Gasteiger partial charge in [0.15, 0.2) is 0 Å². The van der Waals surface area contributed by atoms with Crippen LogP contribution in [0, 0.1) is 11.3 Å². The Hall–Kier alpha value is -1.10. The van der Waals surface area contributed by atoms with E-state index in [0.717, 1.165) is 25.9 Å². The minimum absolute atomic E-state index is 0.0278. The van der Waals surface area contributed by atoms with Crippen molar-refractivity contribution in [2.75, 3.05) is 6.61 Å². The van der Waals surface area contributed by atoms with Crippen LogP contribution in [-0.4, -0.2) is 24.5 Å². The molecule has 1 heterocycles. The van der Waals surface area contributed by atoms with E-state index in [1.165, 1.54) is 0 Å². The monoisotopic (exact) mass is 212 g/mol. The molecule has 4 N–H and O–H groups in total. The maximum atomic E-state index is 11.5. The first kappa shape index (κ1) is 10.4. The molecule has 2 fully saturated rings. The van der Waals surface area contributed by atoms with Crippen LogP contribution in [0.5, 0.6) is 0 Å². The average molecular weight is 212 g/mol. The zero-order valence-corrected chi connectivity index (χ0v) is 8.57. The van der Waals surface area contributed by atoms with Gasteiger partial charge in [0.2, 0.25) is 11.8 Å². The normalized spacial score (nSPS) is 32.5. The summed E-state index contributed by atoms with van der Waals surface area (Å²) in [5, 5.41) is 0. The van der Waals surface area contributed by atoms with Crippen molar-refractivity contribution in [1.29, 1.82) is 0 Å². The Labute approximate surface area is 88.1 Å². The number of primary amides is 2. The Morgan fingerprint density at radius 2 is 1.93 bits per heavy atom. The summed E-state index contributed by atoms with van der Waals surface area (Å²) in [5.41, 5.74) is 9.56. The highest BCUT2D eigenvalue weighted by Crippen LogP contribution is 2.46. The molecule has 1 aliphatic carbocycles. The fourth-order valence-corrected chi connectivity index (χ4v) is 2.69. The molecular formula is C10H16N2O3. The summed E-state index contributed by atoms with van der Waals surface area (Å²) in [5.74, 6) is -1.17. The smallest absolute Gasteiger partial charge is 0.233 e. The quantitative estimate of drug-likeness (QED) is 0.487. The number of rotatable bonds is 4. The number of hydrogen-bond acceptors (Lipinski definition) is 3. The van der Waals surface area contributed by atoms with E-state index in [1.807, 2.05) is 0 Å². The molecule has 0 aromatic carbocycles. The number of epoxide rings is 1. The lowest BCUT2D eigenvalue weighted by Gasteiger charge is -2.28. The highest BCUT2D eigenvalue weighted by atomic mass is 16.6. The van der Waals surface area contributed by atoms with Gasteiger partial charge in [-0.3, -0.25) is 9.59 Å². The van der Waals surface area contributed by atoms with Crippen molar-refractivity contribution in [3.63, 3.8) is 0 Å². The van der Waals surface area contributed by atoms with E-state index in [2.05, 4.69) is 0 Å². The molecule has 0 bridgehead atoms. The van der Waals surface area contributed by atoms with Crippen molar-refractivity contribution in [2.24, 2.45) is 22.8 Å². The van der Waals surface area contributed by atoms with Crippen molar-refractivity contribution < 1.29 is 14.3 Å². The predicted molar refractivity (Wildman–Crippen MR) is 52.5 cm³/mol. The van der Waals surface area contributed by atoms with Gasteiger partial charge in [-0.25, -0.2) is 0 Å². The van der Waals surface area contributed by atoms with Crippen LogP contribution >= 0.6 is 0 Å². The van der Waals surface area contributed by atoms with Crippen LogP contribution in [0.4, 0.5) is 0 Å². The van der Waals surface area contributed by atoms with Gasteiger partial charge >= 0.3 is 0 Å². The van der Waals surface area contributed by atoms with E-state index < -0.39 is 17.2 Å². The Bertz CT molecular complexity index is 285. The summed E-state index contributed by atoms with van der Waals surface area (Å²) in [6.45, 7) is 0.726. The first-order chi connectivity index (χ1) is 7.07. The molecule has 1 saturated carbocycles. The molecule has 1 saturated heterocycles. The van der Waals surface area contributed by atoms with Crippen LogP contribution in [0.3, 0.4) is 0 Å². The Morgan fingerprint density at radius 3 is 2.40 bits per heavy atom. The molecule has 0 aromatic heterocycles. The molecule has 15 heavy (non-hydrogen) atoms. The van der Waals surface area contributed by atoms with Crippen LogP contribution in [-0.2, 0) is 14.3 Å². The average Bonchev–Trinajstić information content (AvgIpc) is 2.82. The summed E-state index contributed by atoms with van der Waals surface area (Å²) in [4.78, 5) is 22.9. The van der Waals surface area contributed by atoms with Crippen molar-refractivity contribution in [2.45, 2.75) is 31.8 Å². The fourth-order valence-electron chi connectivity index (χ4n) is 2.69. The maximum Gasteiger partial charge on any atom is 0.233 e. The first-order valence-electron chi connectivity index (χ1n) is 5.29. The van der Waals surface area contributed by atoms with Gasteiger partial charge in [-0.1, -0.05) is 6.42 Å². The Morgan fingerprint density at radius 1 is 1.33 bits per heavy atom. The molecule has 0 spiro atoms. The van der Waals surface area contributed by atoms with Gasteiger partial charge in [-0.05, 0) is 25.2 Å². The van der Waals surface area contributed by atoms with Crippen molar-refractivity contribution in [3.8, 4) is 0 Å². The maximum absolute atomic E-state index is 11.5. The summed E-state index contributed by atoms with van der Waals surface area (Å²) >= 11 is 0. The molecule has 2 rings (SSSR count). The van der Waals surface area contributed by atoms with Crippen molar-refractivity contribution in [3.05, 3.63) is 0 Å². The van der Waals surface area contributed by atoms with Crippen LogP contribution in [0.1, 0.15) is 25.7 Å².